The van der Waals surface area contributed by atoms with E-state index in [1.807, 2.05) is 19.9 Å². The standard InChI is InChI=1S/C12H20N4O2/c1-5-6-7-8-13-12-11(16(17)18)10(4)14-15(12)9(2)3/h5,9,13H,1,6-8H2,2-4H3. The molecule has 0 saturated carbocycles. The van der Waals surface area contributed by atoms with Crippen molar-refractivity contribution in [2.75, 3.05) is 11.9 Å². The molecular weight excluding hydrogens is 232 g/mol. The van der Waals surface area contributed by atoms with Gasteiger partial charge in [0.15, 0.2) is 0 Å². The summed E-state index contributed by atoms with van der Waals surface area (Å²) < 4.78 is 1.67. The van der Waals surface area contributed by atoms with Gasteiger partial charge in [-0.25, -0.2) is 4.68 Å². The lowest BCUT2D eigenvalue weighted by atomic mass is 10.3. The number of rotatable bonds is 7. The minimum atomic E-state index is -0.378. The van der Waals surface area contributed by atoms with Crippen LogP contribution in [0.1, 0.15) is 38.4 Å². The van der Waals surface area contributed by atoms with E-state index in [2.05, 4.69) is 17.0 Å². The van der Waals surface area contributed by atoms with Crippen LogP contribution in [0.2, 0.25) is 0 Å². The maximum atomic E-state index is 11.1. The van der Waals surface area contributed by atoms with Crippen LogP contribution in [0.4, 0.5) is 11.5 Å². The van der Waals surface area contributed by atoms with Crippen LogP contribution in [0.3, 0.4) is 0 Å². The molecule has 0 saturated heterocycles. The number of nitro groups is 1. The third kappa shape index (κ3) is 3.09. The van der Waals surface area contributed by atoms with Gasteiger partial charge in [0.25, 0.3) is 0 Å². The number of allylic oxidation sites excluding steroid dienone is 1. The van der Waals surface area contributed by atoms with Crippen LogP contribution >= 0.6 is 0 Å². The molecule has 1 heterocycles. The third-order valence-corrected chi connectivity index (χ3v) is 2.60. The molecule has 0 unspecified atom stereocenters. The van der Waals surface area contributed by atoms with Crippen LogP contribution in [0.5, 0.6) is 0 Å². The number of hydrogen-bond donors (Lipinski definition) is 1. The van der Waals surface area contributed by atoms with Crippen LogP contribution < -0.4 is 5.32 Å². The van der Waals surface area contributed by atoms with Gasteiger partial charge in [-0.1, -0.05) is 6.08 Å². The minimum Gasteiger partial charge on any atom is -0.365 e. The van der Waals surface area contributed by atoms with Crippen molar-refractivity contribution in [3.63, 3.8) is 0 Å². The molecule has 6 nitrogen and oxygen atoms in total. The Kier molecular flexibility index (Phi) is 4.88. The van der Waals surface area contributed by atoms with Crippen molar-refractivity contribution in [2.45, 2.75) is 39.7 Å². The van der Waals surface area contributed by atoms with Crippen LogP contribution in [-0.4, -0.2) is 21.2 Å². The van der Waals surface area contributed by atoms with Crippen molar-refractivity contribution in [2.24, 2.45) is 0 Å². The van der Waals surface area contributed by atoms with Gasteiger partial charge in [-0.05, 0) is 33.6 Å². The fourth-order valence-corrected chi connectivity index (χ4v) is 1.75. The summed E-state index contributed by atoms with van der Waals surface area (Å²) in [5.74, 6) is 0.497. The lowest BCUT2D eigenvalue weighted by Gasteiger charge is -2.11. The highest BCUT2D eigenvalue weighted by Crippen LogP contribution is 2.30. The Hall–Kier alpha value is -1.85. The highest BCUT2D eigenvalue weighted by Gasteiger charge is 2.25. The summed E-state index contributed by atoms with van der Waals surface area (Å²) in [5, 5.41) is 18.4. The highest BCUT2D eigenvalue weighted by molar-refractivity contribution is 5.59. The summed E-state index contributed by atoms with van der Waals surface area (Å²) in [6.07, 6.45) is 3.61. The molecule has 100 valence electrons. The van der Waals surface area contributed by atoms with E-state index in [9.17, 15) is 10.1 Å². The second-order valence-corrected chi connectivity index (χ2v) is 4.44. The smallest absolute Gasteiger partial charge is 0.333 e. The average Bonchev–Trinajstić information content (AvgIpc) is 2.62. The Morgan fingerprint density at radius 2 is 2.28 bits per heavy atom. The average molecular weight is 252 g/mol. The van der Waals surface area contributed by atoms with E-state index in [-0.39, 0.29) is 16.7 Å². The van der Waals surface area contributed by atoms with Gasteiger partial charge < -0.3 is 5.32 Å². The third-order valence-electron chi connectivity index (χ3n) is 2.60. The van der Waals surface area contributed by atoms with Gasteiger partial charge in [0.1, 0.15) is 5.69 Å². The molecule has 1 rings (SSSR count). The summed E-state index contributed by atoms with van der Waals surface area (Å²) in [7, 11) is 0. The first-order chi connectivity index (χ1) is 8.49. The zero-order chi connectivity index (χ0) is 13.7. The second kappa shape index (κ2) is 6.18. The first kappa shape index (κ1) is 14.2. The monoisotopic (exact) mass is 252 g/mol. The van der Waals surface area contributed by atoms with E-state index < -0.39 is 0 Å². The van der Waals surface area contributed by atoms with Gasteiger partial charge in [-0.2, -0.15) is 5.10 Å². The first-order valence-corrected chi connectivity index (χ1v) is 6.07. The number of nitrogens with zero attached hydrogens (tertiary/aromatic N) is 3. The van der Waals surface area contributed by atoms with Crippen molar-refractivity contribution in [3.8, 4) is 0 Å². The Morgan fingerprint density at radius 3 is 2.78 bits per heavy atom. The molecule has 0 aliphatic carbocycles. The molecule has 0 atom stereocenters. The van der Waals surface area contributed by atoms with Crippen molar-refractivity contribution in [1.82, 2.24) is 9.78 Å². The Morgan fingerprint density at radius 1 is 1.61 bits per heavy atom. The first-order valence-electron chi connectivity index (χ1n) is 6.07. The molecule has 6 heteroatoms. The Bertz CT molecular complexity index is 438. The lowest BCUT2D eigenvalue weighted by Crippen LogP contribution is -2.11. The van der Waals surface area contributed by atoms with Crippen molar-refractivity contribution in [3.05, 3.63) is 28.5 Å². The maximum absolute atomic E-state index is 11.1. The van der Waals surface area contributed by atoms with Crippen LogP contribution in [0, 0.1) is 17.0 Å². The van der Waals surface area contributed by atoms with Crippen LogP contribution in [0.15, 0.2) is 12.7 Å². The molecule has 0 aromatic carbocycles. The Labute approximate surface area is 107 Å². The number of aromatic nitrogens is 2. The molecular formula is C12H20N4O2. The predicted octanol–water partition coefficient (Wildman–Crippen LogP) is 3.06. The Balaban J connectivity index is 2.97. The fourth-order valence-electron chi connectivity index (χ4n) is 1.75. The van der Waals surface area contributed by atoms with Gasteiger partial charge in [-0.3, -0.25) is 10.1 Å². The van der Waals surface area contributed by atoms with E-state index in [1.54, 1.807) is 11.6 Å². The van der Waals surface area contributed by atoms with Gasteiger partial charge in [0, 0.05) is 12.6 Å². The largest absolute Gasteiger partial charge is 0.365 e. The highest BCUT2D eigenvalue weighted by atomic mass is 16.6. The van der Waals surface area contributed by atoms with Gasteiger partial charge in [0.05, 0.1) is 4.92 Å². The van der Waals surface area contributed by atoms with E-state index in [1.165, 1.54) is 0 Å². The van der Waals surface area contributed by atoms with E-state index in [0.717, 1.165) is 12.8 Å². The summed E-state index contributed by atoms with van der Waals surface area (Å²) >= 11 is 0. The topological polar surface area (TPSA) is 73.0 Å². The summed E-state index contributed by atoms with van der Waals surface area (Å²) in [6, 6.07) is 0.0827. The molecule has 0 fully saturated rings. The number of unbranched alkanes of at least 4 members (excludes halogenated alkanes) is 1. The van der Waals surface area contributed by atoms with Crippen molar-refractivity contribution < 1.29 is 4.92 Å². The quantitative estimate of drug-likeness (QED) is 0.350. The number of aryl methyl sites for hydroxylation is 1. The lowest BCUT2D eigenvalue weighted by molar-refractivity contribution is -0.384. The molecule has 0 bridgehead atoms. The minimum absolute atomic E-state index is 0.0716. The molecule has 18 heavy (non-hydrogen) atoms. The van der Waals surface area contributed by atoms with Gasteiger partial charge in [0.2, 0.25) is 5.82 Å². The van der Waals surface area contributed by atoms with Crippen molar-refractivity contribution in [1.29, 1.82) is 0 Å². The predicted molar refractivity (Wildman–Crippen MR) is 71.9 cm³/mol. The normalized spacial score (nSPS) is 10.7. The molecule has 0 amide bonds. The molecule has 1 aromatic heterocycles. The molecule has 1 N–H and O–H groups in total. The second-order valence-electron chi connectivity index (χ2n) is 4.44. The maximum Gasteiger partial charge on any atom is 0.333 e. The zero-order valence-corrected chi connectivity index (χ0v) is 11.1. The molecule has 1 aromatic rings. The molecule has 0 aliphatic heterocycles. The summed E-state index contributed by atoms with van der Waals surface area (Å²) in [6.45, 7) is 9.88. The van der Waals surface area contributed by atoms with E-state index in [0.29, 0.717) is 18.1 Å². The van der Waals surface area contributed by atoms with Gasteiger partial charge >= 0.3 is 5.69 Å². The molecule has 0 radical (unpaired) electrons. The van der Waals surface area contributed by atoms with Crippen LogP contribution in [0.25, 0.3) is 0 Å². The van der Waals surface area contributed by atoms with E-state index in [4.69, 9.17) is 0 Å². The summed E-state index contributed by atoms with van der Waals surface area (Å²) in [4.78, 5) is 10.7. The molecule has 0 spiro atoms. The number of hydrogen-bond acceptors (Lipinski definition) is 4. The molecule has 0 aliphatic rings. The SMILES string of the molecule is C=CCCCNc1c([N+](=O)[O-])c(C)nn1C(C)C. The van der Waals surface area contributed by atoms with Crippen LogP contribution in [-0.2, 0) is 0 Å². The fraction of sp³-hybridized carbons (Fsp3) is 0.583. The van der Waals surface area contributed by atoms with Gasteiger partial charge in [-0.15, -0.1) is 6.58 Å². The van der Waals surface area contributed by atoms with Crippen molar-refractivity contribution >= 4 is 11.5 Å². The summed E-state index contributed by atoms with van der Waals surface area (Å²) in [5.41, 5.74) is 0.516. The van der Waals surface area contributed by atoms with E-state index >= 15 is 0 Å². The number of nitrogens with one attached hydrogen (secondary N) is 1. The zero-order valence-electron chi connectivity index (χ0n) is 11.1. The number of anilines is 1.